The first kappa shape index (κ1) is 24.3. The quantitative estimate of drug-likeness (QED) is 0.203. The highest BCUT2D eigenvalue weighted by molar-refractivity contribution is 9.10. The van der Waals surface area contributed by atoms with Crippen LogP contribution in [0.5, 0.6) is 11.5 Å². The van der Waals surface area contributed by atoms with Crippen molar-refractivity contribution >= 4 is 38.9 Å². The van der Waals surface area contributed by atoms with Crippen molar-refractivity contribution in [2.75, 3.05) is 4.90 Å². The van der Waals surface area contributed by atoms with Crippen LogP contribution < -0.4 is 15.0 Å². The van der Waals surface area contributed by atoms with Crippen molar-refractivity contribution in [1.82, 2.24) is 10.3 Å². The highest BCUT2D eigenvalue weighted by Gasteiger charge is 2.42. The van der Waals surface area contributed by atoms with Crippen LogP contribution in [0.3, 0.4) is 0 Å². The highest BCUT2D eigenvalue weighted by atomic mass is 79.9. The van der Waals surface area contributed by atoms with E-state index in [0.29, 0.717) is 32.4 Å². The number of nitrogens with one attached hydrogen (secondary N) is 1. The molecule has 0 saturated carbocycles. The maximum atomic E-state index is 14.7. The first-order valence-corrected chi connectivity index (χ1v) is 13.2. The lowest BCUT2D eigenvalue weighted by Crippen LogP contribution is -2.29. The van der Waals surface area contributed by atoms with Crippen LogP contribution >= 0.6 is 28.1 Å². The number of hydrogen-bond donors (Lipinski definition) is 1. The Morgan fingerprint density at radius 1 is 0.895 bits per heavy atom. The van der Waals surface area contributed by atoms with Gasteiger partial charge in [-0.3, -0.25) is 4.98 Å². The van der Waals surface area contributed by atoms with Crippen LogP contribution in [-0.4, -0.2) is 10.1 Å². The van der Waals surface area contributed by atoms with Crippen LogP contribution in [0.25, 0.3) is 11.3 Å². The molecule has 3 heterocycles. The molecule has 0 aliphatic carbocycles. The SMILES string of the molecule is Fc1cc(Br)ccc1-c1ccc([C@H]2[C@H](c3ccccn3)NC(=S)N2c2ccc(Oc3ccccc3)cc2)o1. The molecule has 0 unspecified atom stereocenters. The third-order valence-electron chi connectivity index (χ3n) is 6.31. The largest absolute Gasteiger partial charge is 0.459 e. The lowest BCUT2D eigenvalue weighted by Gasteiger charge is -2.26. The number of rotatable bonds is 6. The summed E-state index contributed by atoms with van der Waals surface area (Å²) in [5.41, 5.74) is 2.06. The monoisotopic (exact) mass is 585 g/mol. The van der Waals surface area contributed by atoms with Crippen molar-refractivity contribution in [3.8, 4) is 22.8 Å². The molecule has 0 amide bonds. The Hall–Kier alpha value is -4.01. The standard InChI is InChI=1S/C30H21BrFN3O2S/c31-19-9-14-23(24(32)18-19)26-15-16-27(37-26)29-28(25-8-4-5-17-33-25)34-30(38)35(29)20-10-12-22(13-11-20)36-21-6-2-1-3-7-21/h1-18,28-29H,(H,34,38)/t28-,29-/m0/s1. The maximum absolute atomic E-state index is 14.7. The third kappa shape index (κ3) is 4.80. The van der Waals surface area contributed by atoms with Crippen molar-refractivity contribution in [2.45, 2.75) is 12.1 Å². The number of aromatic nitrogens is 1. The van der Waals surface area contributed by atoms with Crippen molar-refractivity contribution in [1.29, 1.82) is 0 Å². The van der Waals surface area contributed by atoms with Gasteiger partial charge in [0, 0.05) is 16.4 Å². The Morgan fingerprint density at radius 3 is 2.39 bits per heavy atom. The van der Waals surface area contributed by atoms with Gasteiger partial charge in [0.15, 0.2) is 5.11 Å². The van der Waals surface area contributed by atoms with Gasteiger partial charge in [-0.25, -0.2) is 4.39 Å². The number of pyridine rings is 1. The Balaban J connectivity index is 1.37. The number of halogens is 2. The molecule has 0 bridgehead atoms. The fourth-order valence-electron chi connectivity index (χ4n) is 4.57. The van der Waals surface area contributed by atoms with Gasteiger partial charge in [-0.1, -0.05) is 40.2 Å². The van der Waals surface area contributed by atoms with Crippen LogP contribution in [0.2, 0.25) is 0 Å². The number of nitrogens with zero attached hydrogens (tertiary/aromatic N) is 2. The zero-order valence-corrected chi connectivity index (χ0v) is 22.3. The molecule has 1 fully saturated rings. The average Bonchev–Trinajstić information content (AvgIpc) is 3.55. The summed E-state index contributed by atoms with van der Waals surface area (Å²) in [6.07, 6.45) is 1.75. The minimum absolute atomic E-state index is 0.280. The lowest BCUT2D eigenvalue weighted by molar-refractivity contribution is 0.438. The average molecular weight is 586 g/mol. The number of benzene rings is 3. The first-order chi connectivity index (χ1) is 18.6. The van der Waals surface area contributed by atoms with E-state index in [-0.39, 0.29) is 17.9 Å². The number of para-hydroxylation sites is 1. The Morgan fingerprint density at radius 2 is 1.66 bits per heavy atom. The molecule has 1 saturated heterocycles. The van der Waals surface area contributed by atoms with Crippen LogP contribution in [0.1, 0.15) is 23.5 Å². The summed E-state index contributed by atoms with van der Waals surface area (Å²) in [7, 11) is 0. The van der Waals surface area contributed by atoms with E-state index in [1.807, 2.05) is 83.8 Å². The van der Waals surface area contributed by atoms with Gasteiger partial charge < -0.3 is 19.4 Å². The minimum Gasteiger partial charge on any atom is -0.459 e. The van der Waals surface area contributed by atoms with Gasteiger partial charge in [0.25, 0.3) is 0 Å². The summed E-state index contributed by atoms with van der Waals surface area (Å²) in [5, 5.41) is 3.95. The predicted molar refractivity (Wildman–Crippen MR) is 153 cm³/mol. The predicted octanol–water partition coefficient (Wildman–Crippen LogP) is 8.21. The number of ether oxygens (including phenoxy) is 1. The van der Waals surface area contributed by atoms with Gasteiger partial charge >= 0.3 is 0 Å². The Bertz CT molecular complexity index is 1580. The molecule has 2 aromatic heterocycles. The van der Waals surface area contributed by atoms with Crippen molar-refractivity contribution < 1.29 is 13.5 Å². The fraction of sp³-hybridized carbons (Fsp3) is 0.0667. The molecular formula is C30H21BrFN3O2S. The zero-order chi connectivity index (χ0) is 26.1. The summed E-state index contributed by atoms with van der Waals surface area (Å²) in [5.74, 6) is 2.17. The molecule has 0 radical (unpaired) electrons. The van der Waals surface area contributed by atoms with E-state index in [9.17, 15) is 4.39 Å². The van der Waals surface area contributed by atoms with Crippen LogP contribution in [0.4, 0.5) is 10.1 Å². The van der Waals surface area contributed by atoms with E-state index in [1.54, 1.807) is 24.4 Å². The highest BCUT2D eigenvalue weighted by Crippen LogP contribution is 2.43. The van der Waals surface area contributed by atoms with E-state index in [2.05, 4.69) is 26.2 Å². The summed E-state index contributed by atoms with van der Waals surface area (Å²) < 4.78 is 27.6. The van der Waals surface area contributed by atoms with E-state index in [4.69, 9.17) is 21.4 Å². The van der Waals surface area contributed by atoms with Gasteiger partial charge in [0.1, 0.15) is 34.9 Å². The normalized spacial score (nSPS) is 16.9. The molecule has 5 nitrogen and oxygen atoms in total. The summed E-state index contributed by atoms with van der Waals surface area (Å²) in [6, 6.07) is 31.0. The lowest BCUT2D eigenvalue weighted by atomic mass is 10.0. The van der Waals surface area contributed by atoms with Gasteiger partial charge in [0.05, 0.1) is 17.3 Å². The molecule has 1 aliphatic rings. The van der Waals surface area contributed by atoms with Gasteiger partial charge in [-0.2, -0.15) is 0 Å². The molecule has 1 N–H and O–H groups in total. The molecule has 1 aliphatic heterocycles. The van der Waals surface area contributed by atoms with Gasteiger partial charge in [-0.15, -0.1) is 0 Å². The first-order valence-electron chi connectivity index (χ1n) is 12.0. The number of hydrogen-bond acceptors (Lipinski definition) is 4. The topological polar surface area (TPSA) is 50.5 Å². The molecule has 5 aromatic rings. The Labute approximate surface area is 233 Å². The van der Waals surface area contributed by atoms with E-state index >= 15 is 0 Å². The smallest absolute Gasteiger partial charge is 0.174 e. The number of anilines is 1. The van der Waals surface area contributed by atoms with Crippen molar-refractivity contribution in [2.24, 2.45) is 0 Å². The minimum atomic E-state index is -0.368. The van der Waals surface area contributed by atoms with Crippen molar-refractivity contribution in [3.63, 3.8) is 0 Å². The van der Waals surface area contributed by atoms with E-state index < -0.39 is 0 Å². The second-order valence-corrected chi connectivity index (χ2v) is 10.0. The second kappa shape index (κ2) is 10.4. The van der Waals surface area contributed by atoms with Crippen LogP contribution in [0.15, 0.2) is 118 Å². The molecule has 2 atom stereocenters. The molecule has 8 heteroatoms. The second-order valence-electron chi connectivity index (χ2n) is 8.73. The fourth-order valence-corrected chi connectivity index (χ4v) is 5.25. The summed E-state index contributed by atoms with van der Waals surface area (Å²) in [4.78, 5) is 6.57. The van der Waals surface area contributed by atoms with Gasteiger partial charge in [-0.05, 0) is 91.1 Å². The molecule has 0 spiro atoms. The van der Waals surface area contributed by atoms with E-state index in [0.717, 1.165) is 17.1 Å². The van der Waals surface area contributed by atoms with E-state index in [1.165, 1.54) is 6.07 Å². The number of thiocarbonyl (C=S) groups is 1. The summed E-state index contributed by atoms with van der Waals surface area (Å²) in [6.45, 7) is 0. The summed E-state index contributed by atoms with van der Waals surface area (Å²) >= 11 is 9.11. The Kier molecular flexibility index (Phi) is 6.66. The zero-order valence-electron chi connectivity index (χ0n) is 19.9. The molecular weight excluding hydrogens is 565 g/mol. The molecule has 38 heavy (non-hydrogen) atoms. The molecule has 188 valence electrons. The number of furan rings is 1. The molecule has 3 aromatic carbocycles. The van der Waals surface area contributed by atoms with Crippen LogP contribution in [0, 0.1) is 5.82 Å². The third-order valence-corrected chi connectivity index (χ3v) is 7.11. The maximum Gasteiger partial charge on any atom is 0.174 e. The van der Waals surface area contributed by atoms with Gasteiger partial charge in [0.2, 0.25) is 0 Å². The molecule has 6 rings (SSSR count). The van der Waals surface area contributed by atoms with Crippen LogP contribution in [-0.2, 0) is 0 Å². The van der Waals surface area contributed by atoms with Crippen molar-refractivity contribution in [3.05, 3.63) is 131 Å².